The molecular weight excluding hydrogens is 432 g/mol. The van der Waals surface area contributed by atoms with Crippen LogP contribution in [0.25, 0.3) is 0 Å². The molecule has 0 spiro atoms. The van der Waals surface area contributed by atoms with Gasteiger partial charge in [0.15, 0.2) is 17.7 Å². The lowest BCUT2D eigenvalue weighted by Gasteiger charge is -2.29. The Morgan fingerprint density at radius 2 is 1.52 bits per heavy atom. The van der Waals surface area contributed by atoms with E-state index in [1.165, 1.54) is 39.0 Å². The van der Waals surface area contributed by atoms with Gasteiger partial charge in [0.05, 0.1) is 0 Å². The number of halogens is 1. The number of amides is 2. The van der Waals surface area contributed by atoms with E-state index < -0.39 is 41.5 Å². The van der Waals surface area contributed by atoms with Crippen molar-refractivity contribution in [1.29, 1.82) is 0 Å². The van der Waals surface area contributed by atoms with Crippen LogP contribution in [0.3, 0.4) is 0 Å². The van der Waals surface area contributed by atoms with E-state index >= 15 is 0 Å². The number of anilines is 1. The zero-order valence-corrected chi connectivity index (χ0v) is 18.7. The zero-order valence-electron chi connectivity index (χ0n) is 17.8. The lowest BCUT2D eigenvalue weighted by atomic mass is 10.1. The summed E-state index contributed by atoms with van der Waals surface area (Å²) in [4.78, 5) is 59.7. The first-order chi connectivity index (χ1) is 13.9. The fraction of sp³-hybridized carbons (Fsp3) is 0.450. The summed E-state index contributed by atoms with van der Waals surface area (Å²) in [5.74, 6) is -2.66. The molecule has 1 unspecified atom stereocenters. The molecule has 11 heteroatoms. The standard InChI is InChI=1S/C20H24N2O8.ClH/c1-11(22-17(25)8-9-18(22)26)28-19(27)20(4,5)21-14-6-7-15(29-12(2)23)16(10-14)30-13(3)24;/h6-7,10-11,21H,8-9H2,1-5H3;1H. The highest BCUT2D eigenvalue weighted by atomic mass is 35.5. The molecule has 1 aromatic rings. The molecule has 1 fully saturated rings. The van der Waals surface area contributed by atoms with Gasteiger partial charge in [-0.25, -0.2) is 9.69 Å². The summed E-state index contributed by atoms with van der Waals surface area (Å²) in [5, 5.41) is 2.94. The summed E-state index contributed by atoms with van der Waals surface area (Å²) in [7, 11) is 0. The summed E-state index contributed by atoms with van der Waals surface area (Å²) in [6, 6.07) is 4.33. The van der Waals surface area contributed by atoms with Gasteiger partial charge in [0.1, 0.15) is 5.54 Å². The van der Waals surface area contributed by atoms with Gasteiger partial charge in [0, 0.05) is 38.4 Å². The van der Waals surface area contributed by atoms with Crippen molar-refractivity contribution in [2.45, 2.75) is 59.2 Å². The molecule has 0 radical (unpaired) electrons. The Labute approximate surface area is 185 Å². The van der Waals surface area contributed by atoms with Crippen LogP contribution in [0.2, 0.25) is 0 Å². The molecule has 10 nitrogen and oxygen atoms in total. The SMILES string of the molecule is CC(=O)Oc1ccc(NC(C)(C)C(=O)OC(C)N2C(=O)CCC2=O)cc1OC(C)=O.Cl. The first kappa shape index (κ1) is 25.9. The molecule has 1 atom stereocenters. The minimum atomic E-state index is -1.27. The topological polar surface area (TPSA) is 128 Å². The van der Waals surface area contributed by atoms with Crippen LogP contribution in [0.1, 0.15) is 47.5 Å². The van der Waals surface area contributed by atoms with E-state index in [1.807, 2.05) is 0 Å². The van der Waals surface area contributed by atoms with Gasteiger partial charge < -0.3 is 19.5 Å². The number of hydrogen-bond acceptors (Lipinski definition) is 9. The van der Waals surface area contributed by atoms with Crippen LogP contribution in [-0.2, 0) is 28.7 Å². The van der Waals surface area contributed by atoms with Gasteiger partial charge in [-0.3, -0.25) is 19.2 Å². The quantitative estimate of drug-likeness (QED) is 0.373. The van der Waals surface area contributed by atoms with Gasteiger partial charge in [0.25, 0.3) is 0 Å². The molecule has 31 heavy (non-hydrogen) atoms. The molecule has 1 aromatic carbocycles. The van der Waals surface area contributed by atoms with E-state index in [9.17, 15) is 24.0 Å². The Kier molecular flexibility index (Phi) is 8.56. The second-order valence-corrected chi connectivity index (χ2v) is 7.26. The number of rotatable bonds is 7. The molecule has 0 bridgehead atoms. The number of likely N-dealkylation sites (tertiary alicyclic amines) is 1. The van der Waals surface area contributed by atoms with Gasteiger partial charge in [-0.1, -0.05) is 0 Å². The average molecular weight is 457 g/mol. The van der Waals surface area contributed by atoms with E-state index in [4.69, 9.17) is 14.2 Å². The second-order valence-electron chi connectivity index (χ2n) is 7.26. The van der Waals surface area contributed by atoms with Crippen molar-refractivity contribution in [3.8, 4) is 11.5 Å². The van der Waals surface area contributed by atoms with Gasteiger partial charge >= 0.3 is 17.9 Å². The lowest BCUT2D eigenvalue weighted by Crippen LogP contribution is -2.47. The minimum absolute atomic E-state index is 0. The fourth-order valence-corrected chi connectivity index (χ4v) is 2.83. The molecule has 0 saturated carbocycles. The zero-order chi connectivity index (χ0) is 22.6. The first-order valence-corrected chi connectivity index (χ1v) is 9.25. The fourth-order valence-electron chi connectivity index (χ4n) is 2.83. The number of benzene rings is 1. The van der Waals surface area contributed by atoms with Crippen molar-refractivity contribution in [2.24, 2.45) is 0 Å². The van der Waals surface area contributed by atoms with Crippen LogP contribution in [0.15, 0.2) is 18.2 Å². The number of hydrogen-bond donors (Lipinski definition) is 1. The van der Waals surface area contributed by atoms with Crippen molar-refractivity contribution in [3.05, 3.63) is 18.2 Å². The van der Waals surface area contributed by atoms with Crippen LogP contribution in [0.5, 0.6) is 11.5 Å². The number of imide groups is 1. The number of esters is 3. The Balaban J connectivity index is 0.00000480. The molecule has 1 aliphatic rings. The third kappa shape index (κ3) is 6.68. The van der Waals surface area contributed by atoms with Crippen molar-refractivity contribution in [1.82, 2.24) is 4.90 Å². The van der Waals surface area contributed by atoms with E-state index in [0.717, 1.165) is 4.90 Å². The maximum absolute atomic E-state index is 12.6. The molecule has 1 N–H and O–H groups in total. The van der Waals surface area contributed by atoms with Crippen LogP contribution >= 0.6 is 12.4 Å². The van der Waals surface area contributed by atoms with Crippen molar-refractivity contribution >= 4 is 47.8 Å². The highest BCUT2D eigenvalue weighted by Gasteiger charge is 2.38. The van der Waals surface area contributed by atoms with Gasteiger partial charge in [-0.05, 0) is 32.9 Å². The van der Waals surface area contributed by atoms with Crippen LogP contribution < -0.4 is 14.8 Å². The van der Waals surface area contributed by atoms with Gasteiger partial charge in [-0.2, -0.15) is 0 Å². The number of ether oxygens (including phenoxy) is 3. The molecule has 0 aromatic heterocycles. The first-order valence-electron chi connectivity index (χ1n) is 9.25. The molecule has 170 valence electrons. The highest BCUT2D eigenvalue weighted by molar-refractivity contribution is 6.02. The molecule has 2 rings (SSSR count). The molecule has 1 heterocycles. The number of carbonyl (C=O) groups excluding carboxylic acids is 5. The summed E-state index contributed by atoms with van der Waals surface area (Å²) in [6.45, 7) is 6.94. The maximum atomic E-state index is 12.6. The number of carbonyl (C=O) groups is 5. The predicted octanol–water partition coefficient (Wildman–Crippen LogP) is 2.19. The number of nitrogens with zero attached hydrogens (tertiary/aromatic N) is 1. The van der Waals surface area contributed by atoms with Crippen LogP contribution in [-0.4, -0.2) is 46.4 Å². The smallest absolute Gasteiger partial charge is 0.333 e. The van der Waals surface area contributed by atoms with Crippen LogP contribution in [0, 0.1) is 0 Å². The van der Waals surface area contributed by atoms with Crippen molar-refractivity contribution < 1.29 is 38.2 Å². The van der Waals surface area contributed by atoms with Crippen LogP contribution in [0.4, 0.5) is 5.69 Å². The Bertz CT molecular complexity index is 883. The third-order valence-electron chi connectivity index (χ3n) is 4.15. The monoisotopic (exact) mass is 456 g/mol. The summed E-state index contributed by atoms with van der Waals surface area (Å²) in [5.41, 5.74) is -0.888. The maximum Gasteiger partial charge on any atom is 0.333 e. The number of nitrogens with one attached hydrogen (secondary N) is 1. The lowest BCUT2D eigenvalue weighted by molar-refractivity contribution is -0.168. The second kappa shape index (κ2) is 10.3. The van der Waals surface area contributed by atoms with Crippen molar-refractivity contribution in [3.63, 3.8) is 0 Å². The molecule has 2 amide bonds. The largest absolute Gasteiger partial charge is 0.440 e. The van der Waals surface area contributed by atoms with E-state index in [-0.39, 0.29) is 36.7 Å². The predicted molar refractivity (Wildman–Crippen MR) is 111 cm³/mol. The molecular formula is C20H25ClN2O8. The third-order valence-corrected chi connectivity index (χ3v) is 4.15. The summed E-state index contributed by atoms with van der Waals surface area (Å²) >= 11 is 0. The van der Waals surface area contributed by atoms with Gasteiger partial charge in [0.2, 0.25) is 11.8 Å². The van der Waals surface area contributed by atoms with Crippen molar-refractivity contribution in [2.75, 3.05) is 5.32 Å². The van der Waals surface area contributed by atoms with E-state index in [2.05, 4.69) is 5.32 Å². The summed E-state index contributed by atoms with van der Waals surface area (Å²) < 4.78 is 15.4. The summed E-state index contributed by atoms with van der Waals surface area (Å²) in [6.07, 6.45) is -0.851. The van der Waals surface area contributed by atoms with Gasteiger partial charge in [-0.15, -0.1) is 12.4 Å². The van der Waals surface area contributed by atoms with E-state index in [1.54, 1.807) is 13.8 Å². The Hall–Kier alpha value is -3.14. The molecule has 1 aliphatic heterocycles. The normalized spacial score (nSPS) is 14.4. The minimum Gasteiger partial charge on any atom is -0.440 e. The Morgan fingerprint density at radius 3 is 2.03 bits per heavy atom. The molecule has 0 aliphatic carbocycles. The Morgan fingerprint density at radius 1 is 1.00 bits per heavy atom. The highest BCUT2D eigenvalue weighted by Crippen LogP contribution is 2.32. The van der Waals surface area contributed by atoms with E-state index in [0.29, 0.717) is 5.69 Å². The molecule has 1 saturated heterocycles. The average Bonchev–Trinajstić information content (AvgIpc) is 2.94.